The van der Waals surface area contributed by atoms with Crippen LogP contribution in [0, 0.1) is 12.7 Å². The van der Waals surface area contributed by atoms with Crippen molar-refractivity contribution in [2.75, 3.05) is 50.1 Å². The lowest BCUT2D eigenvalue weighted by Gasteiger charge is -2.52. The molecule has 4 aromatic rings. The highest BCUT2D eigenvalue weighted by molar-refractivity contribution is 6.35. The number of halogens is 2. The van der Waals surface area contributed by atoms with Gasteiger partial charge in [0.25, 0.3) is 0 Å². The van der Waals surface area contributed by atoms with E-state index in [9.17, 15) is 4.79 Å². The smallest absolute Gasteiger partial charge is 0.246 e. The summed E-state index contributed by atoms with van der Waals surface area (Å²) in [6.45, 7) is 14.3. The molecule has 220 valence electrons. The summed E-state index contributed by atoms with van der Waals surface area (Å²) in [5, 5.41) is 8.88. The van der Waals surface area contributed by atoms with Crippen molar-refractivity contribution in [3.05, 3.63) is 53.5 Å². The Bertz CT molecular complexity index is 1730. The van der Waals surface area contributed by atoms with Crippen molar-refractivity contribution < 1.29 is 9.18 Å². The fourth-order valence-corrected chi connectivity index (χ4v) is 6.53. The number of H-pyrrole nitrogens is 1. The SMILES string of the molecule is C=CC(=O)N1C[C@H](C)N(c2nc(N3CC(C)(N(C)C)C3)nc3c(F)c(-c4c(C)ccc5cn[nH]c45)c(Cl)cc23)C[C@H]1C. The van der Waals surface area contributed by atoms with Crippen LogP contribution in [0.4, 0.5) is 16.2 Å². The zero-order valence-corrected chi connectivity index (χ0v) is 25.6. The molecule has 1 amide bonds. The normalized spacial score (nSPS) is 20.5. The lowest BCUT2D eigenvalue weighted by molar-refractivity contribution is -0.128. The van der Waals surface area contributed by atoms with E-state index in [1.165, 1.54) is 6.08 Å². The van der Waals surface area contributed by atoms with E-state index in [4.69, 9.17) is 21.6 Å². The van der Waals surface area contributed by atoms with Gasteiger partial charge >= 0.3 is 0 Å². The summed E-state index contributed by atoms with van der Waals surface area (Å²) < 4.78 is 16.9. The number of hydrogen-bond acceptors (Lipinski definition) is 7. The van der Waals surface area contributed by atoms with Gasteiger partial charge in [0, 0.05) is 60.2 Å². The minimum atomic E-state index is -0.496. The van der Waals surface area contributed by atoms with Gasteiger partial charge in [-0.25, -0.2) is 9.37 Å². The molecule has 0 bridgehead atoms. The van der Waals surface area contributed by atoms with Crippen molar-refractivity contribution in [3.8, 4) is 11.1 Å². The van der Waals surface area contributed by atoms with Gasteiger partial charge in [0.15, 0.2) is 5.82 Å². The highest BCUT2D eigenvalue weighted by Crippen LogP contribution is 2.43. The Hall–Kier alpha value is -3.76. The molecule has 6 rings (SSSR count). The van der Waals surface area contributed by atoms with Gasteiger partial charge in [-0.15, -0.1) is 0 Å². The number of hydrogen-bond donors (Lipinski definition) is 1. The van der Waals surface area contributed by atoms with Gasteiger partial charge in [-0.05, 0) is 59.5 Å². The van der Waals surface area contributed by atoms with E-state index in [0.717, 1.165) is 16.5 Å². The number of aryl methyl sites for hydroxylation is 1. The number of carbonyl (C=O) groups is 1. The second-order valence-electron chi connectivity index (χ2n) is 12.2. The van der Waals surface area contributed by atoms with Crippen molar-refractivity contribution in [2.45, 2.75) is 45.3 Å². The molecule has 0 saturated carbocycles. The second-order valence-corrected chi connectivity index (χ2v) is 12.6. The van der Waals surface area contributed by atoms with E-state index in [0.29, 0.717) is 48.9 Å². The lowest BCUT2D eigenvalue weighted by Crippen LogP contribution is -2.67. The number of nitrogens with zero attached hydrogens (tertiary/aromatic N) is 7. The number of anilines is 2. The number of carbonyl (C=O) groups excluding carboxylic acids is 1. The number of nitrogens with one attached hydrogen (secondary N) is 1. The molecule has 4 heterocycles. The summed E-state index contributed by atoms with van der Waals surface area (Å²) in [7, 11) is 4.12. The van der Waals surface area contributed by atoms with Gasteiger partial charge in [-0.2, -0.15) is 10.1 Å². The third-order valence-electron chi connectivity index (χ3n) is 9.07. The zero-order valence-electron chi connectivity index (χ0n) is 24.9. The van der Waals surface area contributed by atoms with Crippen LogP contribution in [0.1, 0.15) is 26.3 Å². The summed E-state index contributed by atoms with van der Waals surface area (Å²) in [4.78, 5) is 30.6. The number of benzene rings is 2. The van der Waals surface area contributed by atoms with E-state index >= 15 is 4.39 Å². The van der Waals surface area contributed by atoms with E-state index in [-0.39, 0.29) is 39.6 Å². The third kappa shape index (κ3) is 4.39. The molecule has 2 aromatic carbocycles. The number of amides is 1. The quantitative estimate of drug-likeness (QED) is 0.327. The Labute approximate surface area is 249 Å². The summed E-state index contributed by atoms with van der Waals surface area (Å²) in [5.74, 6) is 0.491. The fraction of sp³-hybridized carbons (Fsp3) is 0.419. The molecule has 0 aliphatic carbocycles. The molecule has 0 unspecified atom stereocenters. The van der Waals surface area contributed by atoms with Crippen LogP contribution in [-0.2, 0) is 4.79 Å². The predicted octanol–water partition coefficient (Wildman–Crippen LogP) is 5.03. The monoisotopic (exact) mass is 590 g/mol. The maximum absolute atomic E-state index is 16.9. The molecule has 42 heavy (non-hydrogen) atoms. The summed E-state index contributed by atoms with van der Waals surface area (Å²) in [6.07, 6.45) is 3.07. The van der Waals surface area contributed by atoms with Gasteiger partial charge < -0.3 is 19.6 Å². The Morgan fingerprint density at radius 3 is 2.62 bits per heavy atom. The molecule has 2 aromatic heterocycles. The van der Waals surface area contributed by atoms with Crippen LogP contribution in [0.2, 0.25) is 5.02 Å². The van der Waals surface area contributed by atoms with Crippen molar-refractivity contribution in [1.29, 1.82) is 0 Å². The standard InChI is InChI=1S/C31H36ClFN8O/c1-8-23(42)40-13-19(4)41(14-18(40)3)29-21-11-22(32)25(24-17(2)9-10-20-12-34-37-27(20)24)26(33)28(21)35-30(36-29)39-15-31(5,16-39)38(6)7/h8-12,18-19H,1,13-16H2,2-7H3,(H,34,37)/t18-,19+/m1/s1. The van der Waals surface area contributed by atoms with Gasteiger partial charge in [0.2, 0.25) is 11.9 Å². The van der Waals surface area contributed by atoms with Crippen LogP contribution in [0.3, 0.4) is 0 Å². The summed E-state index contributed by atoms with van der Waals surface area (Å²) in [6, 6.07) is 5.50. The van der Waals surface area contributed by atoms with Gasteiger partial charge in [0.1, 0.15) is 11.3 Å². The van der Waals surface area contributed by atoms with E-state index in [1.54, 1.807) is 12.3 Å². The molecular formula is C31H36ClFN8O. The first kappa shape index (κ1) is 28.4. The number of likely N-dealkylation sites (N-methyl/N-ethyl adjacent to an activating group) is 1. The largest absolute Gasteiger partial charge is 0.349 e. The van der Waals surface area contributed by atoms with Crippen LogP contribution >= 0.6 is 11.6 Å². The third-order valence-corrected chi connectivity index (χ3v) is 9.37. The number of piperazine rings is 1. The number of rotatable bonds is 5. The Kier molecular flexibility index (Phi) is 6.89. The van der Waals surface area contributed by atoms with Crippen LogP contribution in [0.5, 0.6) is 0 Å². The first-order valence-corrected chi connectivity index (χ1v) is 14.6. The molecular weight excluding hydrogens is 555 g/mol. The molecule has 2 aliphatic rings. The van der Waals surface area contributed by atoms with Crippen LogP contribution in [0.15, 0.2) is 37.1 Å². The Balaban J connectivity index is 1.55. The first-order chi connectivity index (χ1) is 19.9. The van der Waals surface area contributed by atoms with Crippen molar-refractivity contribution >= 4 is 51.1 Å². The van der Waals surface area contributed by atoms with Crippen LogP contribution in [0.25, 0.3) is 32.9 Å². The average Bonchev–Trinajstić information content (AvgIpc) is 3.41. The van der Waals surface area contributed by atoms with Gasteiger partial charge in [-0.3, -0.25) is 9.89 Å². The van der Waals surface area contributed by atoms with E-state index in [1.807, 2.05) is 37.8 Å². The molecule has 1 N–H and O–H groups in total. The molecule has 2 aliphatic heterocycles. The molecule has 2 fully saturated rings. The van der Waals surface area contributed by atoms with Crippen molar-refractivity contribution in [3.63, 3.8) is 0 Å². The Morgan fingerprint density at radius 2 is 1.93 bits per heavy atom. The lowest BCUT2D eigenvalue weighted by atomic mass is 9.91. The summed E-state index contributed by atoms with van der Waals surface area (Å²) in [5.41, 5.74) is 2.73. The number of fused-ring (bicyclic) bond motifs is 2. The molecule has 0 radical (unpaired) electrons. The van der Waals surface area contributed by atoms with Crippen molar-refractivity contribution in [1.82, 2.24) is 30.0 Å². The summed E-state index contributed by atoms with van der Waals surface area (Å²) >= 11 is 6.93. The minimum Gasteiger partial charge on any atom is -0.349 e. The highest BCUT2D eigenvalue weighted by atomic mass is 35.5. The van der Waals surface area contributed by atoms with Crippen LogP contribution in [-0.4, -0.2) is 93.8 Å². The number of aromatic amines is 1. The Morgan fingerprint density at radius 1 is 1.19 bits per heavy atom. The topological polar surface area (TPSA) is 84.5 Å². The van der Waals surface area contributed by atoms with Gasteiger partial charge in [-0.1, -0.05) is 30.3 Å². The van der Waals surface area contributed by atoms with E-state index in [2.05, 4.69) is 52.5 Å². The fourth-order valence-electron chi connectivity index (χ4n) is 6.24. The highest BCUT2D eigenvalue weighted by Gasteiger charge is 2.43. The number of aromatic nitrogens is 4. The average molecular weight is 591 g/mol. The van der Waals surface area contributed by atoms with Gasteiger partial charge in [0.05, 0.1) is 22.3 Å². The molecule has 2 atom stereocenters. The minimum absolute atomic E-state index is 0.0337. The predicted molar refractivity (Wildman–Crippen MR) is 167 cm³/mol. The van der Waals surface area contributed by atoms with E-state index < -0.39 is 5.82 Å². The maximum Gasteiger partial charge on any atom is 0.246 e. The maximum atomic E-state index is 16.9. The second kappa shape index (κ2) is 10.2. The molecule has 0 spiro atoms. The molecule has 11 heteroatoms. The molecule has 2 saturated heterocycles. The first-order valence-electron chi connectivity index (χ1n) is 14.2. The molecule has 9 nitrogen and oxygen atoms in total. The van der Waals surface area contributed by atoms with Crippen molar-refractivity contribution in [2.24, 2.45) is 0 Å². The van der Waals surface area contributed by atoms with Crippen LogP contribution < -0.4 is 9.80 Å². The zero-order chi connectivity index (χ0) is 30.1.